The second-order valence-electron chi connectivity index (χ2n) is 11.1. The van der Waals surface area contributed by atoms with Gasteiger partial charge < -0.3 is 19.9 Å². The first-order valence-corrected chi connectivity index (χ1v) is 14.3. The number of piperazine rings is 1. The fourth-order valence-electron chi connectivity index (χ4n) is 6.58. The third-order valence-electron chi connectivity index (χ3n) is 8.56. The van der Waals surface area contributed by atoms with Gasteiger partial charge in [0.25, 0.3) is 0 Å². The van der Waals surface area contributed by atoms with Gasteiger partial charge in [0.15, 0.2) is 0 Å². The maximum Gasteiger partial charge on any atom is 0.407 e. The van der Waals surface area contributed by atoms with Gasteiger partial charge in [0.1, 0.15) is 18.8 Å². The number of benzene rings is 2. The number of hydrogen-bond acceptors (Lipinski definition) is 5. The van der Waals surface area contributed by atoms with Crippen LogP contribution >= 0.6 is 0 Å². The molecule has 3 amide bonds. The van der Waals surface area contributed by atoms with Gasteiger partial charge in [-0.3, -0.25) is 14.5 Å². The van der Waals surface area contributed by atoms with E-state index in [9.17, 15) is 14.4 Å². The number of carbonyl (C=O) groups is 3. The molecule has 208 valence electrons. The number of hydrogen-bond donors (Lipinski definition) is 1. The lowest BCUT2D eigenvalue weighted by molar-refractivity contribution is -0.140. The maximum absolute atomic E-state index is 14.1. The van der Waals surface area contributed by atoms with E-state index >= 15 is 0 Å². The van der Waals surface area contributed by atoms with Crippen LogP contribution in [0.15, 0.2) is 60.7 Å². The second-order valence-corrected chi connectivity index (χ2v) is 11.1. The Bertz CT molecular complexity index is 1120. The van der Waals surface area contributed by atoms with Crippen molar-refractivity contribution in [2.75, 3.05) is 33.3 Å². The predicted molar refractivity (Wildman–Crippen MR) is 149 cm³/mol. The molecule has 8 heteroatoms. The van der Waals surface area contributed by atoms with E-state index in [-0.39, 0.29) is 36.5 Å². The Morgan fingerprint density at radius 1 is 0.949 bits per heavy atom. The number of amides is 3. The van der Waals surface area contributed by atoms with Crippen LogP contribution in [-0.4, -0.2) is 84.1 Å². The molecule has 3 atom stereocenters. The summed E-state index contributed by atoms with van der Waals surface area (Å²) >= 11 is 0. The third kappa shape index (κ3) is 6.44. The lowest BCUT2D eigenvalue weighted by atomic mass is 9.83. The Hall–Kier alpha value is -3.39. The van der Waals surface area contributed by atoms with Crippen molar-refractivity contribution >= 4 is 17.9 Å². The van der Waals surface area contributed by atoms with Crippen LogP contribution in [0.4, 0.5) is 4.79 Å². The molecule has 2 heterocycles. The smallest absolute Gasteiger partial charge is 0.407 e. The summed E-state index contributed by atoms with van der Waals surface area (Å²) in [6.07, 6.45) is 5.68. The van der Waals surface area contributed by atoms with Gasteiger partial charge >= 0.3 is 6.09 Å². The van der Waals surface area contributed by atoms with Crippen molar-refractivity contribution in [3.63, 3.8) is 0 Å². The van der Waals surface area contributed by atoms with Crippen molar-refractivity contribution in [2.24, 2.45) is 5.92 Å². The number of carbonyl (C=O) groups excluding carboxylic acids is 3. The molecule has 2 aromatic carbocycles. The van der Waals surface area contributed by atoms with Gasteiger partial charge in [0.05, 0.1) is 13.2 Å². The van der Waals surface area contributed by atoms with Crippen LogP contribution in [0.2, 0.25) is 0 Å². The molecule has 5 rings (SSSR count). The molecule has 2 aromatic rings. The predicted octanol–water partition coefficient (Wildman–Crippen LogP) is 3.46. The normalized spacial score (nSPS) is 22.8. The van der Waals surface area contributed by atoms with Crippen molar-refractivity contribution in [3.05, 3.63) is 71.8 Å². The molecule has 0 bridgehead atoms. The van der Waals surface area contributed by atoms with Crippen molar-refractivity contribution in [1.29, 1.82) is 0 Å². The number of methoxy groups -OCH3 is 1. The van der Waals surface area contributed by atoms with Gasteiger partial charge in [-0.15, -0.1) is 0 Å². The summed E-state index contributed by atoms with van der Waals surface area (Å²) in [7, 11) is 1.32. The SMILES string of the molecule is COC(=O)N[C@H](C(=O)N1CC(=O)N2[C@@H](Cc3ccccc3)CN(CCc3ccccc3)C[C@H]12)C1CCCCC1. The van der Waals surface area contributed by atoms with Crippen LogP contribution in [0.25, 0.3) is 0 Å². The Kier molecular flexibility index (Phi) is 8.81. The van der Waals surface area contributed by atoms with Crippen LogP contribution < -0.4 is 5.32 Å². The van der Waals surface area contributed by atoms with E-state index in [1.165, 1.54) is 18.2 Å². The first-order valence-electron chi connectivity index (χ1n) is 14.3. The highest BCUT2D eigenvalue weighted by molar-refractivity contribution is 5.92. The van der Waals surface area contributed by atoms with Gasteiger partial charge in [-0.25, -0.2) is 4.79 Å². The van der Waals surface area contributed by atoms with Crippen LogP contribution in [0.5, 0.6) is 0 Å². The van der Waals surface area contributed by atoms with E-state index in [0.29, 0.717) is 6.54 Å². The summed E-state index contributed by atoms with van der Waals surface area (Å²) in [5, 5.41) is 2.84. The first-order chi connectivity index (χ1) is 19.0. The van der Waals surface area contributed by atoms with E-state index in [1.54, 1.807) is 4.90 Å². The third-order valence-corrected chi connectivity index (χ3v) is 8.56. The molecule has 0 unspecified atom stereocenters. The van der Waals surface area contributed by atoms with Crippen LogP contribution in [0, 0.1) is 5.92 Å². The average Bonchev–Trinajstić information content (AvgIpc) is 3.32. The maximum atomic E-state index is 14.1. The van der Waals surface area contributed by atoms with E-state index in [1.807, 2.05) is 29.2 Å². The molecule has 1 aliphatic carbocycles. The summed E-state index contributed by atoms with van der Waals surface area (Å²) < 4.78 is 4.88. The zero-order chi connectivity index (χ0) is 27.2. The molecule has 0 spiro atoms. The summed E-state index contributed by atoms with van der Waals surface area (Å²) in [5.41, 5.74) is 2.45. The number of fused-ring (bicyclic) bond motifs is 1. The molecule has 2 aliphatic heterocycles. The number of nitrogens with one attached hydrogen (secondary N) is 1. The van der Waals surface area contributed by atoms with Crippen molar-refractivity contribution in [3.8, 4) is 0 Å². The van der Waals surface area contributed by atoms with E-state index < -0.39 is 12.1 Å². The molecule has 1 N–H and O–H groups in total. The molecule has 0 radical (unpaired) electrons. The fraction of sp³-hybridized carbons (Fsp3) is 0.516. The lowest BCUT2D eigenvalue weighted by Gasteiger charge is -2.46. The highest BCUT2D eigenvalue weighted by Gasteiger charge is 2.49. The number of rotatable bonds is 8. The Labute approximate surface area is 231 Å². The first kappa shape index (κ1) is 27.2. The van der Waals surface area contributed by atoms with Gasteiger partial charge in [0.2, 0.25) is 11.8 Å². The minimum Gasteiger partial charge on any atom is -0.453 e. The molecular weight excluding hydrogens is 492 g/mol. The average molecular weight is 533 g/mol. The molecule has 1 saturated carbocycles. The number of ether oxygens (including phenoxy) is 1. The van der Waals surface area contributed by atoms with E-state index in [4.69, 9.17) is 4.74 Å². The standard InChI is InChI=1S/C31H40N4O4/c1-39-31(38)32-29(25-15-9-4-10-16-25)30(37)34-22-28(36)35-26(19-24-13-7-3-8-14-24)20-33(21-27(34)35)18-17-23-11-5-2-6-12-23/h2-3,5-8,11-14,25-27,29H,4,9-10,15-22H2,1H3,(H,32,38)/t26-,27+,29-/m0/s1. The highest BCUT2D eigenvalue weighted by Crippen LogP contribution is 2.32. The molecule has 3 aliphatic rings. The highest BCUT2D eigenvalue weighted by atomic mass is 16.5. The second kappa shape index (κ2) is 12.6. The number of alkyl carbamates (subject to hydrolysis) is 1. The Balaban J connectivity index is 1.39. The van der Waals surface area contributed by atoms with E-state index in [2.05, 4.69) is 46.6 Å². The summed E-state index contributed by atoms with van der Waals surface area (Å²) in [4.78, 5) is 45.9. The lowest BCUT2D eigenvalue weighted by Crippen LogP contribution is -2.63. The van der Waals surface area contributed by atoms with Crippen molar-refractivity contribution in [1.82, 2.24) is 20.0 Å². The van der Waals surface area contributed by atoms with Crippen molar-refractivity contribution in [2.45, 2.75) is 63.2 Å². The Morgan fingerprint density at radius 3 is 2.28 bits per heavy atom. The van der Waals surface area contributed by atoms with Gasteiger partial charge in [-0.2, -0.15) is 0 Å². The molecular formula is C31H40N4O4. The number of nitrogens with zero attached hydrogens (tertiary/aromatic N) is 3. The zero-order valence-electron chi connectivity index (χ0n) is 22.8. The van der Waals surface area contributed by atoms with Crippen molar-refractivity contribution < 1.29 is 19.1 Å². The molecule has 8 nitrogen and oxygen atoms in total. The fourth-order valence-corrected chi connectivity index (χ4v) is 6.58. The van der Waals surface area contributed by atoms with Crippen LogP contribution in [-0.2, 0) is 27.2 Å². The topological polar surface area (TPSA) is 82.2 Å². The quantitative estimate of drug-likeness (QED) is 0.563. The molecule has 3 fully saturated rings. The summed E-state index contributed by atoms with van der Waals surface area (Å²) in [5.74, 6) is -0.138. The summed E-state index contributed by atoms with van der Waals surface area (Å²) in [6, 6.07) is 19.9. The monoisotopic (exact) mass is 532 g/mol. The van der Waals surface area contributed by atoms with Crippen LogP contribution in [0.3, 0.4) is 0 Å². The molecule has 2 saturated heterocycles. The largest absolute Gasteiger partial charge is 0.453 e. The van der Waals surface area contributed by atoms with E-state index in [0.717, 1.165) is 58.0 Å². The minimum atomic E-state index is -0.683. The molecule has 0 aromatic heterocycles. The molecule has 39 heavy (non-hydrogen) atoms. The Morgan fingerprint density at radius 2 is 1.62 bits per heavy atom. The summed E-state index contributed by atoms with van der Waals surface area (Å²) in [6.45, 7) is 2.26. The zero-order valence-corrected chi connectivity index (χ0v) is 22.8. The van der Waals surface area contributed by atoms with Gasteiger partial charge in [0, 0.05) is 19.6 Å². The van der Waals surface area contributed by atoms with Crippen LogP contribution in [0.1, 0.15) is 43.2 Å². The van der Waals surface area contributed by atoms with Gasteiger partial charge in [-0.05, 0) is 42.7 Å². The minimum absolute atomic E-state index is 0.0162. The van der Waals surface area contributed by atoms with Gasteiger partial charge in [-0.1, -0.05) is 79.9 Å².